The van der Waals surface area contributed by atoms with Crippen LogP contribution in [0, 0.1) is 17.8 Å². The molecule has 17 amide bonds. The standard InChI is InChI=1S/C74H124N26O24/c1-9-35(5)55(68(118)87-41(15-11-12-18-75)72(122)100-20-14-17-51(100)67(117)95-49(30-102)65(115)94-50(31-103)66(116)99-57(37(7)104)70(120)88-42(73(123)124)16-13-19-83-74(79)80)97-63(113)47(25-53(78)107)91-60(110)46(24-52(77)106)93-69(119)56(36(6)10-2)96-62(112)45(23-40-28-82-33-85-40)90-59(109)44(22-39-27-81-32-84-39)92-71(121)58(38(8)105)98-61(111)43(21-34(3)4)89-64(114)48(29-101)86-54(108)26-76/h27-28,32-38,41-51,55-58,101-105H,9-26,29-31,75-76H2,1-8H3,(H2,77,106)(H2,78,107)(H,81,84)(H,82,85)(H,86,108)(H,87,118)(H,88,120)(H,89,114)(H,90,109)(H,91,110)(H,92,121)(H,93,119)(H,94,115)(H,95,117)(H,96,112)(H,97,113)(H,98,111)(H,99,116)(H,123,124)(H4,79,80,83)/t35-,36-,37+,38+,41-,42-,43-,44-,45-,46-,47-,48-,49-,50-,51-,55-,56-,57-,58-/m0/s1. The van der Waals surface area contributed by atoms with E-state index in [-0.39, 0.29) is 114 Å². The number of aliphatic imine (C=N–C) groups is 1. The maximum Gasteiger partial charge on any atom is 0.326 e. The van der Waals surface area contributed by atoms with Crippen molar-refractivity contribution in [3.8, 4) is 0 Å². The van der Waals surface area contributed by atoms with Crippen molar-refractivity contribution in [3.05, 3.63) is 36.4 Å². The molecule has 2 aromatic rings. The summed E-state index contributed by atoms with van der Waals surface area (Å²) in [5.74, 6) is -22.5. The first-order valence-electron chi connectivity index (χ1n) is 40.4. The molecule has 0 bridgehead atoms. The Labute approximate surface area is 713 Å². The molecule has 19 atom stereocenters. The fourth-order valence-electron chi connectivity index (χ4n) is 12.7. The van der Waals surface area contributed by atoms with Crippen molar-refractivity contribution in [3.63, 3.8) is 0 Å². The van der Waals surface area contributed by atoms with Crippen LogP contribution in [0.25, 0.3) is 0 Å². The van der Waals surface area contributed by atoms with E-state index in [1.165, 1.54) is 38.9 Å². The maximum atomic E-state index is 14.8. The second-order valence-corrected chi connectivity index (χ2v) is 30.4. The Balaban J connectivity index is 1.91. The molecule has 2 aromatic heterocycles. The second kappa shape index (κ2) is 53.7. The number of aliphatic hydroxyl groups is 5. The molecule has 1 aliphatic heterocycles. The number of rotatable bonds is 57. The van der Waals surface area contributed by atoms with E-state index in [9.17, 15) is 117 Å². The quantitative estimate of drug-likeness (QED) is 0.0166. The van der Waals surface area contributed by atoms with Crippen molar-refractivity contribution in [2.45, 2.75) is 248 Å². The highest BCUT2D eigenvalue weighted by Crippen LogP contribution is 2.22. The zero-order chi connectivity index (χ0) is 93.4. The number of imidazole rings is 2. The smallest absolute Gasteiger partial charge is 0.326 e. The summed E-state index contributed by atoms with van der Waals surface area (Å²) in [6.07, 6.45) is -0.390. The lowest BCUT2D eigenvalue weighted by atomic mass is 9.96. The number of aromatic amines is 2. The molecule has 50 nitrogen and oxygen atoms in total. The Kier molecular flexibility index (Phi) is 45.9. The molecule has 0 aromatic carbocycles. The number of hydrogen-bond donors (Lipinski definition) is 28. The van der Waals surface area contributed by atoms with Gasteiger partial charge in [-0.3, -0.25) is 86.5 Å². The Hall–Kier alpha value is -12.1. The molecule has 1 aliphatic rings. The third kappa shape index (κ3) is 35.4. The van der Waals surface area contributed by atoms with E-state index >= 15 is 0 Å². The van der Waals surface area contributed by atoms with Crippen molar-refractivity contribution in [2.24, 2.45) is 57.1 Å². The van der Waals surface area contributed by atoms with Crippen LogP contribution in [0.3, 0.4) is 0 Å². The number of nitrogens with zero attached hydrogens (tertiary/aromatic N) is 4. The highest BCUT2D eigenvalue weighted by Gasteiger charge is 2.44. The van der Waals surface area contributed by atoms with E-state index in [4.69, 9.17) is 34.4 Å². The van der Waals surface area contributed by atoms with Crippen molar-refractivity contribution in [1.29, 1.82) is 0 Å². The first kappa shape index (κ1) is 106. The van der Waals surface area contributed by atoms with Gasteiger partial charge in [-0.25, -0.2) is 14.8 Å². The van der Waals surface area contributed by atoms with Crippen LogP contribution in [0.1, 0.15) is 144 Å². The minimum atomic E-state index is -2.01. The highest BCUT2D eigenvalue weighted by molar-refractivity contribution is 6.02. The third-order valence-electron chi connectivity index (χ3n) is 20.0. The number of carboxylic acids is 1. The number of carbonyl (C=O) groups is 18. The molecule has 0 unspecified atom stereocenters. The minimum absolute atomic E-state index is 0.000147. The van der Waals surface area contributed by atoms with Gasteiger partial charge in [-0.2, -0.15) is 0 Å². The summed E-state index contributed by atoms with van der Waals surface area (Å²) in [7, 11) is 0. The number of hydrogen-bond acceptors (Lipinski definition) is 28. The number of aromatic nitrogens is 4. The van der Waals surface area contributed by atoms with Crippen LogP contribution in [0.4, 0.5) is 0 Å². The van der Waals surface area contributed by atoms with Crippen molar-refractivity contribution in [1.82, 2.24) is 99.3 Å². The van der Waals surface area contributed by atoms with E-state index in [1.54, 1.807) is 27.7 Å². The Bertz CT molecular complexity index is 3940. The lowest BCUT2D eigenvalue weighted by molar-refractivity contribution is -0.143. The molecule has 0 aliphatic carbocycles. The summed E-state index contributed by atoms with van der Waals surface area (Å²) in [6, 6.07) is -25.5. The Morgan fingerprint density at radius 3 is 1.27 bits per heavy atom. The molecular weight excluding hydrogens is 1640 g/mol. The predicted octanol–water partition coefficient (Wildman–Crippen LogP) is -12.5. The van der Waals surface area contributed by atoms with Gasteiger partial charge in [0.25, 0.3) is 0 Å². The van der Waals surface area contributed by atoms with E-state index in [1.807, 2.05) is 0 Å². The van der Waals surface area contributed by atoms with Gasteiger partial charge in [0.1, 0.15) is 90.6 Å². The van der Waals surface area contributed by atoms with Crippen molar-refractivity contribution in [2.75, 3.05) is 46.0 Å². The molecule has 1 fully saturated rings. The van der Waals surface area contributed by atoms with Crippen molar-refractivity contribution >= 4 is 112 Å². The number of H-pyrrole nitrogens is 2. The molecular formula is C74H124N26O24. The second-order valence-electron chi connectivity index (χ2n) is 30.4. The summed E-state index contributed by atoms with van der Waals surface area (Å²) in [5, 5.41) is 94.7. The first-order valence-corrected chi connectivity index (χ1v) is 40.4. The summed E-state index contributed by atoms with van der Waals surface area (Å²) >= 11 is 0. The monoisotopic (exact) mass is 1760 g/mol. The van der Waals surface area contributed by atoms with Gasteiger partial charge in [-0.15, -0.1) is 0 Å². The highest BCUT2D eigenvalue weighted by atomic mass is 16.4. The minimum Gasteiger partial charge on any atom is -0.480 e. The van der Waals surface area contributed by atoms with Crippen LogP contribution >= 0.6 is 0 Å². The van der Waals surface area contributed by atoms with Crippen LogP contribution in [-0.2, 0) is 99.1 Å². The molecule has 1 saturated heterocycles. The summed E-state index contributed by atoms with van der Waals surface area (Å²) in [5.41, 5.74) is 33.5. The molecule has 124 heavy (non-hydrogen) atoms. The van der Waals surface area contributed by atoms with Gasteiger partial charge in [0, 0.05) is 49.7 Å². The van der Waals surface area contributed by atoms with E-state index in [0.29, 0.717) is 6.42 Å². The van der Waals surface area contributed by atoms with Crippen LogP contribution in [0.15, 0.2) is 30.0 Å². The molecule has 3 heterocycles. The number of aliphatic carboxylic acids is 1. The summed E-state index contributed by atoms with van der Waals surface area (Å²) < 4.78 is 0. The Morgan fingerprint density at radius 2 is 0.839 bits per heavy atom. The zero-order valence-corrected chi connectivity index (χ0v) is 70.5. The largest absolute Gasteiger partial charge is 0.480 e. The number of carbonyl (C=O) groups excluding carboxylic acids is 17. The molecule has 0 saturated carbocycles. The summed E-state index contributed by atoms with van der Waals surface area (Å²) in [4.78, 5) is 266. The number of unbranched alkanes of at least 4 members (excludes halogenated alkanes) is 1. The number of nitrogens with one attached hydrogen (secondary N) is 16. The molecule has 0 spiro atoms. The number of aliphatic hydroxyl groups excluding tert-OH is 5. The van der Waals surface area contributed by atoms with Gasteiger partial charge in [0.15, 0.2) is 5.96 Å². The maximum absolute atomic E-state index is 14.8. The molecule has 50 heteroatoms. The van der Waals surface area contributed by atoms with Crippen molar-refractivity contribution < 1.29 is 117 Å². The fraction of sp³-hybridized carbons (Fsp3) is 0.662. The molecule has 0 radical (unpaired) electrons. The van der Waals surface area contributed by atoms with Crippen LogP contribution in [-0.4, -0.2) is 317 Å². The fourth-order valence-corrected chi connectivity index (χ4v) is 12.7. The third-order valence-corrected chi connectivity index (χ3v) is 20.0. The van der Waals surface area contributed by atoms with Gasteiger partial charge < -0.3 is 154 Å². The van der Waals surface area contributed by atoms with Gasteiger partial charge in [0.05, 0.1) is 64.1 Å². The van der Waals surface area contributed by atoms with Gasteiger partial charge >= 0.3 is 5.97 Å². The van der Waals surface area contributed by atoms with E-state index in [0.717, 1.165) is 18.7 Å². The molecule has 694 valence electrons. The van der Waals surface area contributed by atoms with Gasteiger partial charge in [-0.1, -0.05) is 54.4 Å². The van der Waals surface area contributed by atoms with E-state index in [2.05, 4.69) is 99.4 Å². The summed E-state index contributed by atoms with van der Waals surface area (Å²) in [6.45, 7) is 8.20. The number of primary amides is 2. The molecule has 3 rings (SSSR count). The average Bonchev–Trinajstić information content (AvgIpc) is 1.66. The van der Waals surface area contributed by atoms with Crippen LogP contribution < -0.4 is 109 Å². The number of guanidine groups is 1. The SMILES string of the molecule is CC[C@H](C)[C@H](NC(=O)[C@H](Cc1cnc[nH]1)NC(=O)[C@H](Cc1cnc[nH]1)NC(=O)[C@@H](NC(=O)[C@H](CC(C)C)NC(=O)[C@H](CO)NC(=O)CN)[C@@H](C)O)C(=O)N[C@@H](CC(N)=O)C(=O)N[C@@H](CC(N)=O)C(=O)N[C@H](C(=O)N[C@@H](CCCCN)C(=O)N1CCC[C@H]1C(=O)N[C@@H](CO)C(=O)N[C@@H](CO)C(=O)N[C@H](C(=O)N[C@@H](CCCN=C(N)N)C(=O)O)[C@@H](C)O)[C@@H](C)CC. The average molecular weight is 1760 g/mol. The number of carboxylic acid groups (broad SMARTS) is 1. The normalized spacial score (nSPS) is 16.8. The zero-order valence-electron chi connectivity index (χ0n) is 70.5. The van der Waals surface area contributed by atoms with Gasteiger partial charge in [0.2, 0.25) is 100 Å². The Morgan fingerprint density at radius 1 is 0.468 bits per heavy atom. The van der Waals surface area contributed by atoms with Crippen LogP contribution in [0.2, 0.25) is 0 Å². The predicted molar refractivity (Wildman–Crippen MR) is 436 cm³/mol. The topological polar surface area (TPSA) is 826 Å². The lowest BCUT2D eigenvalue weighted by Gasteiger charge is -2.32. The lowest BCUT2D eigenvalue weighted by Crippen LogP contribution is -2.63. The first-order chi connectivity index (χ1) is 58.5. The van der Waals surface area contributed by atoms with E-state index < -0.39 is 260 Å². The number of likely N-dealkylation sites (tertiary alicyclic amines) is 1. The molecule has 34 N–H and O–H groups in total. The van der Waals surface area contributed by atoms with Crippen LogP contribution in [0.5, 0.6) is 0 Å². The van der Waals surface area contributed by atoms with Gasteiger partial charge in [-0.05, 0) is 89.5 Å². The number of amides is 17. The number of nitrogens with two attached hydrogens (primary N) is 6.